The Labute approximate surface area is 126 Å². The Morgan fingerprint density at radius 2 is 2.23 bits per heavy atom. The summed E-state index contributed by atoms with van der Waals surface area (Å²) in [5.74, 6) is -0.229. The summed E-state index contributed by atoms with van der Waals surface area (Å²) in [5, 5.41) is 3.36. The number of ether oxygens (including phenoxy) is 2. The van der Waals surface area contributed by atoms with Gasteiger partial charge in [0.15, 0.2) is 11.9 Å². The minimum absolute atomic E-state index is 0.0560. The smallest absolute Gasteiger partial charge is 0.335 e. The average molecular weight is 308 g/mol. The summed E-state index contributed by atoms with van der Waals surface area (Å²) in [6, 6.07) is 3.12. The number of esters is 1. The molecule has 1 unspecified atom stereocenters. The van der Waals surface area contributed by atoms with E-state index in [2.05, 4.69) is 14.8 Å². The first-order valence-electron chi connectivity index (χ1n) is 6.60. The van der Waals surface area contributed by atoms with Gasteiger partial charge in [-0.2, -0.15) is 0 Å². The van der Waals surface area contributed by atoms with Crippen LogP contribution >= 0.6 is 0 Å². The Kier molecular flexibility index (Phi) is 5.03. The van der Waals surface area contributed by atoms with E-state index in [9.17, 15) is 9.59 Å². The van der Waals surface area contributed by atoms with Crippen molar-refractivity contribution in [2.45, 2.75) is 12.6 Å². The number of hydrogen-bond acceptors (Lipinski definition) is 6. The van der Waals surface area contributed by atoms with Gasteiger partial charge in [0, 0.05) is 31.0 Å². The van der Waals surface area contributed by atoms with Crippen LogP contribution in [0.2, 0.25) is 0 Å². The summed E-state index contributed by atoms with van der Waals surface area (Å²) < 4.78 is 15.1. The van der Waals surface area contributed by atoms with Crippen molar-refractivity contribution in [1.82, 2.24) is 4.90 Å². The van der Waals surface area contributed by atoms with Crippen molar-refractivity contribution in [3.63, 3.8) is 0 Å². The maximum atomic E-state index is 12.2. The molecule has 22 heavy (non-hydrogen) atoms. The van der Waals surface area contributed by atoms with E-state index in [1.165, 1.54) is 20.3 Å². The highest BCUT2D eigenvalue weighted by Crippen LogP contribution is 2.24. The van der Waals surface area contributed by atoms with Crippen molar-refractivity contribution < 1.29 is 23.5 Å². The van der Waals surface area contributed by atoms with Gasteiger partial charge in [0.1, 0.15) is 5.76 Å². The molecular weight excluding hydrogens is 292 g/mol. The minimum atomic E-state index is -0.675. The number of amides is 1. The van der Waals surface area contributed by atoms with E-state index in [1.54, 1.807) is 11.0 Å². The average Bonchev–Trinajstić information content (AvgIpc) is 2.95. The second-order valence-electron chi connectivity index (χ2n) is 4.80. The number of rotatable bonds is 6. The lowest BCUT2D eigenvalue weighted by molar-refractivity contribution is -0.159. The maximum Gasteiger partial charge on any atom is 0.335 e. The molecule has 1 aliphatic heterocycles. The zero-order chi connectivity index (χ0) is 16.1. The first-order valence-corrected chi connectivity index (χ1v) is 6.60. The van der Waals surface area contributed by atoms with Gasteiger partial charge >= 0.3 is 5.97 Å². The quantitative estimate of drug-likeness (QED) is 0.340. The van der Waals surface area contributed by atoms with Crippen LogP contribution in [0.25, 0.3) is 10.4 Å². The van der Waals surface area contributed by atoms with Gasteiger partial charge in [-0.3, -0.25) is 4.79 Å². The monoisotopic (exact) mass is 308 g/mol. The van der Waals surface area contributed by atoms with E-state index in [0.29, 0.717) is 18.8 Å². The molecule has 1 saturated heterocycles. The first kappa shape index (κ1) is 15.9. The maximum absolute atomic E-state index is 12.2. The van der Waals surface area contributed by atoms with Crippen LogP contribution in [-0.2, 0) is 20.8 Å². The Hall–Kier alpha value is -2.51. The molecule has 1 aromatic rings. The van der Waals surface area contributed by atoms with Gasteiger partial charge in [-0.25, -0.2) is 4.79 Å². The lowest BCUT2D eigenvalue weighted by atomic mass is 9.93. The summed E-state index contributed by atoms with van der Waals surface area (Å²) in [7, 11) is 2.73. The molecule has 0 saturated carbocycles. The van der Waals surface area contributed by atoms with Crippen LogP contribution in [0.1, 0.15) is 16.3 Å². The van der Waals surface area contributed by atoms with Crippen LogP contribution in [0, 0.1) is 5.92 Å². The molecule has 1 aromatic heterocycles. The number of hydrogen-bond donors (Lipinski definition) is 0. The number of carbonyl (C=O) groups is 2. The molecule has 0 N–H and O–H groups in total. The highest BCUT2D eigenvalue weighted by Gasteiger charge is 2.41. The Balaban J connectivity index is 1.92. The molecule has 0 spiro atoms. The fraction of sp³-hybridized carbons (Fsp3) is 0.538. The molecule has 118 valence electrons. The van der Waals surface area contributed by atoms with Crippen molar-refractivity contribution in [2.75, 3.05) is 27.3 Å². The zero-order valence-electron chi connectivity index (χ0n) is 12.3. The largest absolute Gasteiger partial charge is 0.467 e. The highest BCUT2D eigenvalue weighted by atomic mass is 16.6. The van der Waals surface area contributed by atoms with Crippen LogP contribution in [0.4, 0.5) is 0 Å². The number of methoxy groups -OCH3 is 2. The van der Waals surface area contributed by atoms with Crippen LogP contribution in [0.3, 0.4) is 0 Å². The van der Waals surface area contributed by atoms with Gasteiger partial charge in [-0.15, -0.1) is 0 Å². The van der Waals surface area contributed by atoms with Crippen molar-refractivity contribution in [1.29, 1.82) is 0 Å². The molecular formula is C13H16N4O5. The van der Waals surface area contributed by atoms with E-state index >= 15 is 0 Å². The number of likely N-dealkylation sites (tertiary alicyclic amines) is 1. The second-order valence-corrected chi connectivity index (χ2v) is 4.80. The molecule has 1 aliphatic rings. The molecule has 9 heteroatoms. The van der Waals surface area contributed by atoms with Crippen molar-refractivity contribution in [3.8, 4) is 0 Å². The van der Waals surface area contributed by atoms with Crippen LogP contribution < -0.4 is 0 Å². The van der Waals surface area contributed by atoms with Gasteiger partial charge < -0.3 is 18.8 Å². The summed E-state index contributed by atoms with van der Waals surface area (Å²) >= 11 is 0. The normalized spacial score (nSPS) is 15.6. The third kappa shape index (κ3) is 3.21. The third-order valence-corrected chi connectivity index (χ3v) is 3.47. The lowest BCUT2D eigenvalue weighted by Gasteiger charge is -2.41. The van der Waals surface area contributed by atoms with E-state index in [0.717, 1.165) is 0 Å². The molecule has 0 bridgehead atoms. The molecule has 9 nitrogen and oxygen atoms in total. The highest BCUT2D eigenvalue weighted by molar-refractivity contribution is 5.92. The summed E-state index contributed by atoms with van der Waals surface area (Å²) in [4.78, 5) is 27.9. The summed E-state index contributed by atoms with van der Waals surface area (Å²) in [6.45, 7) is 0.831. The van der Waals surface area contributed by atoms with E-state index < -0.39 is 12.1 Å². The predicted molar refractivity (Wildman–Crippen MR) is 73.8 cm³/mol. The molecule has 0 aromatic carbocycles. The number of azide groups is 1. The molecule has 0 radical (unpaired) electrons. The Morgan fingerprint density at radius 3 is 2.82 bits per heavy atom. The Bertz CT molecular complexity index is 601. The predicted octanol–water partition coefficient (Wildman–Crippen LogP) is 1.35. The molecule has 2 heterocycles. The topological polar surface area (TPSA) is 118 Å². The molecule has 1 amide bonds. The molecule has 1 fully saturated rings. The third-order valence-electron chi connectivity index (χ3n) is 3.47. The van der Waals surface area contributed by atoms with Crippen molar-refractivity contribution in [3.05, 3.63) is 34.1 Å². The SMILES string of the molecule is COC(=O)C(OC)C1CN(C(=O)c2ccc(CN=[N+]=[N-])o2)C1. The van der Waals surface area contributed by atoms with Crippen molar-refractivity contribution in [2.24, 2.45) is 11.0 Å². The first-order chi connectivity index (χ1) is 10.6. The van der Waals surface area contributed by atoms with E-state index in [4.69, 9.17) is 14.7 Å². The standard InChI is InChI=1S/C13H16N4O5/c1-20-11(13(19)21-2)8-6-17(7-8)12(18)10-4-3-9(22-10)5-15-16-14/h3-4,8,11H,5-7H2,1-2H3. The van der Waals surface area contributed by atoms with Crippen LogP contribution in [0.15, 0.2) is 21.7 Å². The van der Waals surface area contributed by atoms with Crippen molar-refractivity contribution >= 4 is 11.9 Å². The molecule has 2 rings (SSSR count). The van der Waals surface area contributed by atoms with E-state index in [-0.39, 0.29) is 24.1 Å². The van der Waals surface area contributed by atoms with Gasteiger partial charge in [0.25, 0.3) is 5.91 Å². The van der Waals surface area contributed by atoms with Crippen LogP contribution in [0.5, 0.6) is 0 Å². The van der Waals surface area contributed by atoms with Gasteiger partial charge in [-0.05, 0) is 17.7 Å². The number of furan rings is 1. The van der Waals surface area contributed by atoms with Gasteiger partial charge in [0.2, 0.25) is 0 Å². The summed E-state index contributed by atoms with van der Waals surface area (Å²) in [5.41, 5.74) is 8.24. The number of nitrogens with zero attached hydrogens (tertiary/aromatic N) is 4. The number of carbonyl (C=O) groups excluding carboxylic acids is 2. The molecule has 0 aliphatic carbocycles. The second kappa shape index (κ2) is 6.97. The van der Waals surface area contributed by atoms with E-state index in [1.807, 2.05) is 0 Å². The fourth-order valence-electron chi connectivity index (χ4n) is 2.30. The summed E-state index contributed by atoms with van der Waals surface area (Å²) in [6.07, 6.45) is -0.675. The lowest BCUT2D eigenvalue weighted by Crippen LogP contribution is -2.56. The fourth-order valence-corrected chi connectivity index (χ4v) is 2.30. The zero-order valence-corrected chi connectivity index (χ0v) is 12.3. The molecule has 1 atom stereocenters. The van der Waals surface area contributed by atoms with Gasteiger partial charge in [-0.1, -0.05) is 5.11 Å². The van der Waals surface area contributed by atoms with Crippen LogP contribution in [-0.4, -0.2) is 50.2 Å². The Morgan fingerprint density at radius 1 is 1.50 bits per heavy atom. The van der Waals surface area contributed by atoms with Gasteiger partial charge in [0.05, 0.1) is 13.7 Å². The minimum Gasteiger partial charge on any atom is -0.467 e.